The van der Waals surface area contributed by atoms with Crippen LogP contribution in [-0.2, 0) is 5.41 Å². The summed E-state index contributed by atoms with van der Waals surface area (Å²) in [7, 11) is 0. The average Bonchev–Trinajstić information content (AvgIpc) is 4.19. The van der Waals surface area contributed by atoms with E-state index in [1.807, 2.05) is 0 Å². The Morgan fingerprint density at radius 2 is 1.10 bits per heavy atom. The molecule has 6 unspecified atom stereocenters. The molecule has 2 heteroatoms. The van der Waals surface area contributed by atoms with Crippen molar-refractivity contribution in [2.24, 2.45) is 23.7 Å². The van der Waals surface area contributed by atoms with Crippen molar-refractivity contribution in [3.05, 3.63) is 180 Å². The van der Waals surface area contributed by atoms with E-state index in [9.17, 15) is 0 Å². The van der Waals surface area contributed by atoms with E-state index in [-0.39, 0.29) is 5.41 Å². The minimum atomic E-state index is -0.284. The highest BCUT2D eigenvalue weighted by molar-refractivity contribution is 6.14. The Hall–Kier alpha value is -5.86. The number of hydrogen-bond donors (Lipinski definition) is 0. The molecule has 2 nitrogen and oxygen atoms in total. The summed E-state index contributed by atoms with van der Waals surface area (Å²) in [6.07, 6.45) is 11.3. The lowest BCUT2D eigenvalue weighted by Crippen LogP contribution is -2.18. The second-order valence-electron chi connectivity index (χ2n) is 20.1. The van der Waals surface area contributed by atoms with Gasteiger partial charge in [-0.1, -0.05) is 130 Å². The molecule has 8 aromatic rings. The Kier molecular flexibility index (Phi) is 7.98. The normalized spacial score (nSPS) is 24.2. The predicted octanol–water partition coefficient (Wildman–Crippen LogP) is 16.0. The molecule has 5 aliphatic carbocycles. The third-order valence-corrected chi connectivity index (χ3v) is 16.5. The van der Waals surface area contributed by atoms with Crippen molar-refractivity contribution in [3.8, 4) is 27.9 Å². The average molecular weight is 791 g/mol. The molecule has 1 aromatic heterocycles. The number of aromatic nitrogens is 1. The first-order valence-corrected chi connectivity index (χ1v) is 23.3. The summed E-state index contributed by atoms with van der Waals surface area (Å²) in [5.41, 5.74) is 18.3. The highest BCUT2D eigenvalue weighted by Crippen LogP contribution is 2.58. The van der Waals surface area contributed by atoms with Gasteiger partial charge in [0.05, 0.1) is 11.0 Å². The second kappa shape index (κ2) is 13.6. The maximum Gasteiger partial charge on any atom is 0.0588 e. The fourth-order valence-corrected chi connectivity index (χ4v) is 13.8. The summed E-state index contributed by atoms with van der Waals surface area (Å²) in [4.78, 5) is 2.57. The van der Waals surface area contributed by atoms with Crippen LogP contribution in [0.15, 0.2) is 158 Å². The van der Waals surface area contributed by atoms with E-state index in [1.54, 1.807) is 0 Å². The topological polar surface area (TPSA) is 8.17 Å². The van der Waals surface area contributed by atoms with Gasteiger partial charge in [-0.15, -0.1) is 0 Å². The molecule has 4 saturated carbocycles. The zero-order valence-corrected chi connectivity index (χ0v) is 35.5. The lowest BCUT2D eigenvalue weighted by molar-refractivity contribution is 0.420. The number of nitrogens with zero attached hydrogens (tertiary/aromatic N) is 2. The van der Waals surface area contributed by atoms with Crippen LogP contribution in [0, 0.1) is 23.7 Å². The van der Waals surface area contributed by atoms with Crippen LogP contribution in [0.2, 0.25) is 0 Å². The van der Waals surface area contributed by atoms with Crippen LogP contribution >= 0.6 is 0 Å². The summed E-state index contributed by atoms with van der Waals surface area (Å²) < 4.78 is 2.53. The molecule has 5 aliphatic rings. The molecule has 1 heterocycles. The maximum absolute atomic E-state index is 2.57. The first-order chi connectivity index (χ1) is 30.0. The van der Waals surface area contributed by atoms with Crippen LogP contribution in [0.3, 0.4) is 0 Å². The molecular weight excluding hydrogens is 737 g/mol. The van der Waals surface area contributed by atoms with Crippen LogP contribution in [0.25, 0.3) is 49.7 Å². The fourth-order valence-electron chi connectivity index (χ4n) is 13.8. The minimum absolute atomic E-state index is 0.284. The van der Waals surface area contributed by atoms with Crippen molar-refractivity contribution in [2.75, 3.05) is 4.90 Å². The molecule has 0 amide bonds. The predicted molar refractivity (Wildman–Crippen MR) is 255 cm³/mol. The van der Waals surface area contributed by atoms with Crippen molar-refractivity contribution in [2.45, 2.75) is 82.5 Å². The van der Waals surface area contributed by atoms with Crippen molar-refractivity contribution >= 4 is 38.9 Å². The zero-order chi connectivity index (χ0) is 40.4. The highest BCUT2D eigenvalue weighted by Gasteiger charge is 2.43. The summed E-state index contributed by atoms with van der Waals surface area (Å²) in [5, 5.41) is 2.61. The summed E-state index contributed by atoms with van der Waals surface area (Å²) in [6, 6.07) is 60.6. The monoisotopic (exact) mass is 790 g/mol. The number of para-hydroxylation sites is 2. The van der Waals surface area contributed by atoms with E-state index >= 15 is 0 Å². The number of rotatable bonds is 7. The van der Waals surface area contributed by atoms with Gasteiger partial charge in [0.2, 0.25) is 0 Å². The third kappa shape index (κ3) is 5.46. The summed E-state index contributed by atoms with van der Waals surface area (Å²) in [5.74, 6) is 5.04. The summed E-state index contributed by atoms with van der Waals surface area (Å²) in [6.45, 7) is 4.95. The van der Waals surface area contributed by atoms with Gasteiger partial charge < -0.3 is 9.47 Å². The number of benzene rings is 7. The zero-order valence-electron chi connectivity index (χ0n) is 35.5. The van der Waals surface area contributed by atoms with E-state index in [0.29, 0.717) is 0 Å². The third-order valence-electron chi connectivity index (χ3n) is 16.5. The molecule has 0 aliphatic heterocycles. The number of anilines is 3. The molecule has 0 N–H and O–H groups in total. The van der Waals surface area contributed by atoms with Gasteiger partial charge in [-0.2, -0.15) is 0 Å². The Morgan fingerprint density at radius 3 is 1.69 bits per heavy atom. The van der Waals surface area contributed by atoms with Crippen molar-refractivity contribution in [1.29, 1.82) is 0 Å². The molecule has 0 saturated heterocycles. The Balaban J connectivity index is 1.02. The molecule has 6 atom stereocenters. The SMILES string of the molecule is CC1(C)c2cc(N(c3ccc(C4CC5CCC4C5)cc3)c3ccc(C4CC5CCC4C5)cc3)cc(-c3ccccc3)c2-c2ccc3c4ccccc4n(-c4ccccc4)c3c21. The van der Waals surface area contributed by atoms with E-state index < -0.39 is 0 Å². The van der Waals surface area contributed by atoms with Gasteiger partial charge in [0.15, 0.2) is 0 Å². The Bertz CT molecular complexity index is 2900. The van der Waals surface area contributed by atoms with Gasteiger partial charge in [-0.05, 0) is 173 Å². The fraction of sp³-hybridized carbons (Fsp3) is 0.288. The van der Waals surface area contributed by atoms with Crippen molar-refractivity contribution in [3.63, 3.8) is 0 Å². The van der Waals surface area contributed by atoms with Gasteiger partial charge in [0.1, 0.15) is 0 Å². The van der Waals surface area contributed by atoms with Crippen LogP contribution in [0.1, 0.15) is 99.3 Å². The molecule has 0 spiro atoms. The molecule has 0 radical (unpaired) electrons. The first-order valence-electron chi connectivity index (χ1n) is 23.3. The number of hydrogen-bond acceptors (Lipinski definition) is 1. The Labute approximate surface area is 360 Å². The van der Waals surface area contributed by atoms with Gasteiger partial charge in [0.25, 0.3) is 0 Å². The van der Waals surface area contributed by atoms with Crippen molar-refractivity contribution in [1.82, 2.24) is 4.57 Å². The maximum atomic E-state index is 2.57. The molecule has 4 bridgehead atoms. The molecule has 7 aromatic carbocycles. The Morgan fingerprint density at radius 1 is 0.508 bits per heavy atom. The highest BCUT2D eigenvalue weighted by atomic mass is 15.1. The van der Waals surface area contributed by atoms with E-state index in [4.69, 9.17) is 0 Å². The lowest BCUT2D eigenvalue weighted by Gasteiger charge is -2.30. The molecule has 300 valence electrons. The molecule has 4 fully saturated rings. The van der Waals surface area contributed by atoms with Crippen LogP contribution < -0.4 is 4.90 Å². The van der Waals surface area contributed by atoms with Crippen LogP contribution in [-0.4, -0.2) is 4.57 Å². The quantitative estimate of drug-likeness (QED) is 0.156. The summed E-state index contributed by atoms with van der Waals surface area (Å²) >= 11 is 0. The minimum Gasteiger partial charge on any atom is -0.310 e. The second-order valence-corrected chi connectivity index (χ2v) is 20.1. The lowest BCUT2D eigenvalue weighted by atomic mass is 9.80. The van der Waals surface area contributed by atoms with Gasteiger partial charge in [-0.3, -0.25) is 0 Å². The van der Waals surface area contributed by atoms with Crippen LogP contribution in [0.4, 0.5) is 17.1 Å². The van der Waals surface area contributed by atoms with Gasteiger partial charge in [-0.25, -0.2) is 0 Å². The first kappa shape index (κ1) is 35.9. The molecule has 13 rings (SSSR count). The largest absolute Gasteiger partial charge is 0.310 e. The van der Waals surface area contributed by atoms with Crippen LogP contribution in [0.5, 0.6) is 0 Å². The van der Waals surface area contributed by atoms with E-state index in [2.05, 4.69) is 181 Å². The molecule has 61 heavy (non-hydrogen) atoms. The molecular formula is C59H54N2. The van der Waals surface area contributed by atoms with Gasteiger partial charge in [0, 0.05) is 38.9 Å². The van der Waals surface area contributed by atoms with E-state index in [1.165, 1.54) is 140 Å². The standard InChI is InChI=1S/C59H54N2/c1-59(2)54-36-47(60(45-25-21-40(22-26-45)51-33-37-17-19-42(51)31-37)46-27-23-41(24-28-46)52-34-38-18-20-43(52)32-38)35-53(39-11-5-3-6-12-39)56(54)50-30-29-49-48-15-9-10-16-55(48)61(58(49)57(50)59)44-13-7-4-8-14-44/h3-16,21-30,35-38,42-43,51-52H,17-20,31-34H2,1-2H3. The smallest absolute Gasteiger partial charge is 0.0588 e. The van der Waals surface area contributed by atoms with Gasteiger partial charge >= 0.3 is 0 Å². The van der Waals surface area contributed by atoms with Crippen molar-refractivity contribution < 1.29 is 0 Å². The number of fused-ring (bicyclic) bond motifs is 11. The van der Waals surface area contributed by atoms with E-state index in [0.717, 1.165) is 35.5 Å².